The van der Waals surface area contributed by atoms with Crippen LogP contribution in [0, 0.1) is 23.5 Å². The number of nitrogens with zero attached hydrogens (tertiary/aromatic N) is 4. The quantitative estimate of drug-likeness (QED) is 0.309. The average Bonchev–Trinajstić information content (AvgIpc) is 2.87. The number of aromatic nitrogens is 5. The van der Waals surface area contributed by atoms with E-state index in [2.05, 4.69) is 20.4 Å². The van der Waals surface area contributed by atoms with Crippen LogP contribution in [0.25, 0.3) is 22.2 Å². The highest BCUT2D eigenvalue weighted by Crippen LogP contribution is 2.37. The van der Waals surface area contributed by atoms with Crippen LogP contribution in [0.15, 0.2) is 46.5 Å². The largest absolute Gasteiger partial charge is 0.423 e. The van der Waals surface area contributed by atoms with Gasteiger partial charge in [-0.1, -0.05) is 0 Å². The highest BCUT2D eigenvalue weighted by Gasteiger charge is 2.38. The van der Waals surface area contributed by atoms with Crippen molar-refractivity contribution < 1.29 is 35.1 Å². The van der Waals surface area contributed by atoms with E-state index < -0.39 is 68.7 Å². The maximum absolute atomic E-state index is 15.0. The molecule has 0 aliphatic heterocycles. The van der Waals surface area contributed by atoms with E-state index in [0.29, 0.717) is 25.2 Å². The van der Waals surface area contributed by atoms with Crippen molar-refractivity contribution in [3.05, 3.63) is 80.4 Å². The van der Waals surface area contributed by atoms with Gasteiger partial charge in [0.25, 0.3) is 11.1 Å². The third-order valence-corrected chi connectivity index (χ3v) is 6.88. The van der Waals surface area contributed by atoms with Crippen molar-refractivity contribution in [2.24, 2.45) is 11.8 Å². The van der Waals surface area contributed by atoms with Crippen LogP contribution in [-0.2, 0) is 18.9 Å². The molecule has 2 N–H and O–H groups in total. The minimum absolute atomic E-state index is 0.00809. The van der Waals surface area contributed by atoms with Gasteiger partial charge in [0, 0.05) is 31.7 Å². The predicted molar refractivity (Wildman–Crippen MR) is 129 cm³/mol. The highest BCUT2D eigenvalue weighted by molar-refractivity contribution is 5.86. The van der Waals surface area contributed by atoms with E-state index in [1.165, 1.54) is 16.8 Å². The molecule has 8 nitrogen and oxygen atoms in total. The summed E-state index contributed by atoms with van der Waals surface area (Å²) >= 11 is 0. The molecule has 0 bridgehead atoms. The molecule has 5 rings (SSSR count). The summed E-state index contributed by atoms with van der Waals surface area (Å²) in [6.45, 7) is 0.252. The maximum atomic E-state index is 15.0. The Bertz CT molecular complexity index is 1720. The molecule has 3 aromatic heterocycles. The molecular weight excluding hydrogens is 568 g/mol. The maximum Gasteiger partial charge on any atom is 0.423 e. The molecule has 0 radical (unpaired) electrons. The second-order valence-corrected chi connectivity index (χ2v) is 9.65. The van der Waals surface area contributed by atoms with Crippen molar-refractivity contribution >= 4 is 16.5 Å². The number of nitrogens with one attached hydrogen (secondary N) is 2. The fourth-order valence-electron chi connectivity index (χ4n) is 4.83. The van der Waals surface area contributed by atoms with Crippen molar-refractivity contribution in [2.75, 3.05) is 11.9 Å². The molecule has 41 heavy (non-hydrogen) atoms. The van der Waals surface area contributed by atoms with Crippen LogP contribution in [-0.4, -0.2) is 31.3 Å². The topological polar surface area (TPSA) is 106 Å². The molecule has 1 aliphatic rings. The zero-order valence-corrected chi connectivity index (χ0v) is 20.6. The van der Waals surface area contributed by atoms with Crippen LogP contribution < -0.4 is 16.4 Å². The molecule has 0 saturated heterocycles. The van der Waals surface area contributed by atoms with E-state index in [-0.39, 0.29) is 30.3 Å². The standard InChI is InChI=1S/C25H18F8N6O2/c26-19-15(21-35-7-14(8-36-21)24(28,29)30)5-13-1-2-39(23(41)17(13)20(19)27)10-12-3-11(4-12)6-34-16-9-37-38-22(40)18(16)25(31,32)33/h1-2,5,7-9,11-12H,3-4,6,10H2,(H2,34,38,40). The molecule has 216 valence electrons. The van der Waals surface area contributed by atoms with Gasteiger partial charge in [-0.05, 0) is 42.2 Å². The fourth-order valence-corrected chi connectivity index (χ4v) is 4.83. The number of aromatic amines is 1. The van der Waals surface area contributed by atoms with Crippen molar-refractivity contribution in [3.8, 4) is 11.4 Å². The van der Waals surface area contributed by atoms with Gasteiger partial charge in [-0.15, -0.1) is 0 Å². The fraction of sp³-hybridized carbons (Fsp3) is 0.320. The third-order valence-electron chi connectivity index (χ3n) is 6.88. The normalized spacial score (nSPS) is 17.5. The predicted octanol–water partition coefficient (Wildman–Crippen LogP) is 5.00. The number of pyridine rings is 1. The summed E-state index contributed by atoms with van der Waals surface area (Å²) < 4.78 is 109. The molecule has 1 aliphatic carbocycles. The van der Waals surface area contributed by atoms with Crippen molar-refractivity contribution in [1.82, 2.24) is 24.7 Å². The Morgan fingerprint density at radius 3 is 2.27 bits per heavy atom. The van der Waals surface area contributed by atoms with Crippen molar-refractivity contribution in [1.29, 1.82) is 0 Å². The Balaban J connectivity index is 1.29. The summed E-state index contributed by atoms with van der Waals surface area (Å²) in [5, 5.41) is 7.17. The second kappa shape index (κ2) is 10.2. The Morgan fingerprint density at radius 1 is 0.951 bits per heavy atom. The highest BCUT2D eigenvalue weighted by atomic mass is 19.4. The lowest BCUT2D eigenvalue weighted by Crippen LogP contribution is -2.35. The van der Waals surface area contributed by atoms with E-state index in [4.69, 9.17) is 0 Å². The molecule has 0 amide bonds. The van der Waals surface area contributed by atoms with Crippen LogP contribution in [0.4, 0.5) is 40.8 Å². The van der Waals surface area contributed by atoms with Gasteiger partial charge in [-0.2, -0.15) is 31.4 Å². The number of fused-ring (bicyclic) bond motifs is 1. The first-order valence-electron chi connectivity index (χ1n) is 12.0. The molecular formula is C25H18F8N6O2. The van der Waals surface area contributed by atoms with E-state index >= 15 is 4.39 Å². The lowest BCUT2D eigenvalue weighted by molar-refractivity contribution is -0.139. The lowest BCUT2D eigenvalue weighted by Gasteiger charge is -2.36. The first kappa shape index (κ1) is 28.2. The summed E-state index contributed by atoms with van der Waals surface area (Å²) in [6.07, 6.45) is -5.46. The first-order valence-corrected chi connectivity index (χ1v) is 12.0. The SMILES string of the molecule is O=c1[nH]ncc(NCC2CC(Cn3ccc4cc(-c5ncc(C(F)(F)F)cn5)c(F)c(F)c4c3=O)C2)c1C(F)(F)F. The van der Waals surface area contributed by atoms with Gasteiger partial charge < -0.3 is 9.88 Å². The van der Waals surface area contributed by atoms with E-state index in [1.54, 1.807) is 5.10 Å². The minimum atomic E-state index is -4.88. The Labute approximate surface area is 224 Å². The van der Waals surface area contributed by atoms with Crippen LogP contribution in [0.3, 0.4) is 0 Å². The number of halogens is 8. The molecule has 1 aromatic carbocycles. The van der Waals surface area contributed by atoms with Gasteiger partial charge in [0.15, 0.2) is 17.5 Å². The summed E-state index contributed by atoms with van der Waals surface area (Å²) in [5.74, 6) is -3.63. The number of hydrogen-bond acceptors (Lipinski definition) is 6. The summed E-state index contributed by atoms with van der Waals surface area (Å²) in [7, 11) is 0. The number of rotatable bonds is 6. The van der Waals surface area contributed by atoms with Crippen LogP contribution in [0.1, 0.15) is 24.0 Å². The molecule has 0 unspecified atom stereocenters. The lowest BCUT2D eigenvalue weighted by atomic mass is 9.74. The monoisotopic (exact) mass is 586 g/mol. The summed E-state index contributed by atoms with van der Waals surface area (Å²) in [5.41, 5.74) is -5.71. The van der Waals surface area contributed by atoms with Gasteiger partial charge in [0.2, 0.25) is 0 Å². The summed E-state index contributed by atoms with van der Waals surface area (Å²) in [4.78, 5) is 31.5. The average molecular weight is 586 g/mol. The van der Waals surface area contributed by atoms with Crippen LogP contribution in [0.2, 0.25) is 0 Å². The molecule has 1 fully saturated rings. The number of anilines is 1. The van der Waals surface area contributed by atoms with E-state index in [9.17, 15) is 40.3 Å². The zero-order valence-electron chi connectivity index (χ0n) is 20.6. The molecule has 16 heteroatoms. The smallest absolute Gasteiger partial charge is 0.383 e. The molecule has 0 atom stereocenters. The first-order chi connectivity index (χ1) is 19.2. The molecule has 4 aromatic rings. The van der Waals surface area contributed by atoms with Crippen molar-refractivity contribution in [3.63, 3.8) is 0 Å². The number of H-pyrrole nitrogens is 1. The number of hydrogen-bond donors (Lipinski definition) is 2. The number of alkyl halides is 6. The molecule has 0 spiro atoms. The van der Waals surface area contributed by atoms with E-state index in [1.807, 2.05) is 0 Å². The molecule has 3 heterocycles. The minimum Gasteiger partial charge on any atom is -0.383 e. The zero-order chi connectivity index (χ0) is 29.7. The van der Waals surface area contributed by atoms with Gasteiger partial charge in [0.1, 0.15) is 5.56 Å². The van der Waals surface area contributed by atoms with Gasteiger partial charge in [0.05, 0.1) is 28.4 Å². The van der Waals surface area contributed by atoms with Crippen LogP contribution in [0.5, 0.6) is 0 Å². The Kier molecular flexibility index (Phi) is 7.03. The van der Waals surface area contributed by atoms with Gasteiger partial charge >= 0.3 is 12.4 Å². The Hall–Kier alpha value is -4.37. The second-order valence-electron chi connectivity index (χ2n) is 9.65. The third kappa shape index (κ3) is 5.50. The van der Waals surface area contributed by atoms with Crippen LogP contribution >= 0.6 is 0 Å². The van der Waals surface area contributed by atoms with Gasteiger partial charge in [-0.25, -0.2) is 23.8 Å². The summed E-state index contributed by atoms with van der Waals surface area (Å²) in [6, 6.07) is 2.43. The van der Waals surface area contributed by atoms with Crippen molar-refractivity contribution in [2.45, 2.75) is 31.7 Å². The Morgan fingerprint density at radius 2 is 1.63 bits per heavy atom. The number of benzene rings is 1. The van der Waals surface area contributed by atoms with E-state index in [0.717, 1.165) is 12.3 Å². The molecule has 1 saturated carbocycles. The van der Waals surface area contributed by atoms with Gasteiger partial charge in [-0.3, -0.25) is 9.59 Å².